The number of allylic oxidation sites excluding steroid dienone is 1. The minimum Gasteiger partial charge on any atom is -0.424 e. The van der Waals surface area contributed by atoms with Crippen LogP contribution in [0.1, 0.15) is 0 Å². The van der Waals surface area contributed by atoms with E-state index in [2.05, 4.69) is 31.1 Å². The van der Waals surface area contributed by atoms with Crippen LogP contribution in [0.25, 0.3) is 0 Å². The van der Waals surface area contributed by atoms with Gasteiger partial charge in [0.2, 0.25) is 0 Å². The Hall–Kier alpha value is -1.57. The molecule has 0 unspecified atom stereocenters. The van der Waals surface area contributed by atoms with E-state index in [0.29, 0.717) is 0 Å². The second-order valence-corrected chi connectivity index (χ2v) is 1.79. The third kappa shape index (κ3) is 3.20. The number of carbonyl (C=O) groups excluding carboxylic acids is 1. The van der Waals surface area contributed by atoms with Gasteiger partial charge < -0.3 is 4.74 Å². The van der Waals surface area contributed by atoms with E-state index in [9.17, 15) is 4.79 Å². The molecule has 0 radical (unpaired) electrons. The van der Waals surface area contributed by atoms with Gasteiger partial charge in [-0.1, -0.05) is 32.4 Å². The number of esters is 1. The first-order valence-electron chi connectivity index (χ1n) is 2.96. The molecule has 0 bridgehead atoms. The summed E-state index contributed by atoms with van der Waals surface area (Å²) < 4.78 is 4.63. The highest BCUT2D eigenvalue weighted by molar-refractivity contribution is 5.91. The predicted octanol–water partition coefficient (Wildman–Crippen LogP) is 1.97. The fourth-order valence-corrected chi connectivity index (χ4v) is 0.310. The topological polar surface area (TPSA) is 26.3 Å². The van der Waals surface area contributed by atoms with Gasteiger partial charge in [0.15, 0.2) is 0 Å². The first-order chi connectivity index (χ1) is 5.11. The Bertz CT molecular complexity index is 224. The largest absolute Gasteiger partial charge is 0.424 e. The molecule has 0 amide bonds. The van der Waals surface area contributed by atoms with Crippen molar-refractivity contribution in [3.8, 4) is 0 Å². The van der Waals surface area contributed by atoms with Gasteiger partial charge in [-0.2, -0.15) is 0 Å². The molecule has 58 valence electrons. The number of hydrogen-bond acceptors (Lipinski definition) is 2. The normalized spacial score (nSPS) is 8.00. The lowest BCUT2D eigenvalue weighted by molar-refractivity contribution is -0.134. The molecule has 0 N–H and O–H groups in total. The molecule has 2 nitrogen and oxygen atoms in total. The number of hydrogen-bond donors (Lipinski definition) is 0. The van der Waals surface area contributed by atoms with Crippen LogP contribution in [-0.2, 0) is 9.53 Å². The first-order valence-corrected chi connectivity index (χ1v) is 2.96. The van der Waals surface area contributed by atoms with E-state index in [-0.39, 0.29) is 11.3 Å². The fourth-order valence-electron chi connectivity index (χ4n) is 0.310. The molecule has 0 aliphatic heterocycles. The van der Waals surface area contributed by atoms with Crippen molar-refractivity contribution < 1.29 is 9.53 Å². The predicted molar refractivity (Wildman–Crippen MR) is 44.8 cm³/mol. The molecule has 0 aromatic carbocycles. The van der Waals surface area contributed by atoms with Gasteiger partial charge in [-0.15, -0.1) is 0 Å². The number of ether oxygens (including phenoxy) is 1. The van der Waals surface area contributed by atoms with Crippen molar-refractivity contribution in [1.29, 1.82) is 0 Å². The molecule has 0 saturated carbocycles. The highest BCUT2D eigenvalue weighted by Gasteiger charge is 2.04. The lowest BCUT2D eigenvalue weighted by atomic mass is 10.3. The zero-order valence-corrected chi connectivity index (χ0v) is 6.30. The summed E-state index contributed by atoms with van der Waals surface area (Å²) in [5, 5.41) is 0. The van der Waals surface area contributed by atoms with E-state index in [4.69, 9.17) is 0 Å². The van der Waals surface area contributed by atoms with Gasteiger partial charge in [0.25, 0.3) is 0 Å². The quantitative estimate of drug-likeness (QED) is 0.265. The summed E-state index contributed by atoms with van der Waals surface area (Å²) in [5.74, 6) is -0.345. The van der Waals surface area contributed by atoms with Gasteiger partial charge in [-0.3, -0.25) is 0 Å². The third-order valence-corrected chi connectivity index (χ3v) is 0.960. The molecule has 0 atom stereocenters. The summed E-state index contributed by atoms with van der Waals surface area (Å²) in [5.41, 5.74) is 0.202. The van der Waals surface area contributed by atoms with Crippen molar-refractivity contribution in [2.24, 2.45) is 0 Å². The van der Waals surface area contributed by atoms with Crippen molar-refractivity contribution >= 4 is 5.97 Å². The molecule has 0 aliphatic carbocycles. The molecule has 0 rings (SSSR count). The molecule has 2 heteroatoms. The van der Waals surface area contributed by atoms with Crippen LogP contribution >= 0.6 is 0 Å². The van der Waals surface area contributed by atoms with Crippen LogP contribution in [0.2, 0.25) is 0 Å². The minimum atomic E-state index is -0.551. The molecule has 0 fully saturated rings. The summed E-state index contributed by atoms with van der Waals surface area (Å²) in [6.07, 6.45) is 2.66. The summed E-state index contributed by atoms with van der Waals surface area (Å²) >= 11 is 0. The minimum absolute atomic E-state index is 0.202. The molecular weight excluding hydrogens is 140 g/mol. The number of rotatable bonds is 4. The zero-order valence-electron chi connectivity index (χ0n) is 6.30. The maximum absolute atomic E-state index is 10.8. The maximum atomic E-state index is 10.8. The van der Waals surface area contributed by atoms with Gasteiger partial charge in [0.1, 0.15) is 5.76 Å². The van der Waals surface area contributed by atoms with Crippen LogP contribution in [0.3, 0.4) is 0 Å². The van der Waals surface area contributed by atoms with Crippen molar-refractivity contribution in [3.05, 3.63) is 49.8 Å². The van der Waals surface area contributed by atoms with Crippen LogP contribution in [0.15, 0.2) is 49.8 Å². The van der Waals surface area contributed by atoms with Gasteiger partial charge in [-0.25, -0.2) is 4.79 Å². The van der Waals surface area contributed by atoms with Gasteiger partial charge in [-0.05, 0) is 6.08 Å². The standard InChI is InChI=1S/C9H10O2/c1-5-7(3)9(10)11-8(4)6-2/h5-6H,1-4H2. The van der Waals surface area contributed by atoms with Crippen LogP contribution in [0, 0.1) is 0 Å². The SMILES string of the molecule is C=CC(=C)OC(=O)C(=C)C=C. The van der Waals surface area contributed by atoms with Crippen molar-refractivity contribution in [2.45, 2.75) is 0 Å². The Kier molecular flexibility index (Phi) is 3.67. The maximum Gasteiger partial charge on any atom is 0.342 e. The summed E-state index contributed by atoms with van der Waals surface area (Å²) in [6, 6.07) is 0. The third-order valence-electron chi connectivity index (χ3n) is 0.960. The van der Waals surface area contributed by atoms with Crippen molar-refractivity contribution in [1.82, 2.24) is 0 Å². The van der Waals surface area contributed by atoms with Crippen LogP contribution in [-0.4, -0.2) is 5.97 Å². The molecule has 0 saturated heterocycles. The molecule has 0 spiro atoms. The summed E-state index contributed by atoms with van der Waals surface area (Å²) in [4.78, 5) is 10.8. The number of carbonyl (C=O) groups is 1. The van der Waals surface area contributed by atoms with Gasteiger partial charge in [0, 0.05) is 0 Å². The highest BCUT2D eigenvalue weighted by Crippen LogP contribution is 2.01. The average molecular weight is 150 g/mol. The van der Waals surface area contributed by atoms with Crippen molar-refractivity contribution in [2.75, 3.05) is 0 Å². The molecule has 0 aromatic heterocycles. The molecular formula is C9H10O2. The average Bonchev–Trinajstić information content (AvgIpc) is 2.02. The van der Waals surface area contributed by atoms with E-state index < -0.39 is 5.97 Å². The summed E-state index contributed by atoms with van der Waals surface area (Å²) in [7, 11) is 0. The van der Waals surface area contributed by atoms with Gasteiger partial charge in [0.05, 0.1) is 5.57 Å². The Morgan fingerprint density at radius 1 is 1.18 bits per heavy atom. The Balaban J connectivity index is 4.07. The Morgan fingerprint density at radius 2 is 1.73 bits per heavy atom. The molecule has 0 aliphatic rings. The zero-order chi connectivity index (χ0) is 8.85. The van der Waals surface area contributed by atoms with E-state index in [1.165, 1.54) is 12.2 Å². The second kappa shape index (κ2) is 4.28. The van der Waals surface area contributed by atoms with Crippen molar-refractivity contribution in [3.63, 3.8) is 0 Å². The lowest BCUT2D eigenvalue weighted by Gasteiger charge is -2.01. The Labute approximate surface area is 66.2 Å². The first kappa shape index (κ1) is 9.43. The second-order valence-electron chi connectivity index (χ2n) is 1.79. The molecule has 11 heavy (non-hydrogen) atoms. The molecule has 0 heterocycles. The fraction of sp³-hybridized carbons (Fsp3) is 0. The summed E-state index contributed by atoms with van der Waals surface area (Å²) in [6.45, 7) is 13.5. The van der Waals surface area contributed by atoms with E-state index in [0.717, 1.165) is 0 Å². The van der Waals surface area contributed by atoms with Gasteiger partial charge >= 0.3 is 5.97 Å². The van der Waals surface area contributed by atoms with Crippen LogP contribution < -0.4 is 0 Å². The lowest BCUT2D eigenvalue weighted by Crippen LogP contribution is -2.03. The van der Waals surface area contributed by atoms with E-state index >= 15 is 0 Å². The van der Waals surface area contributed by atoms with Crippen LogP contribution in [0.5, 0.6) is 0 Å². The monoisotopic (exact) mass is 150 g/mol. The van der Waals surface area contributed by atoms with Crippen LogP contribution in [0.4, 0.5) is 0 Å². The van der Waals surface area contributed by atoms with E-state index in [1.54, 1.807) is 0 Å². The highest BCUT2D eigenvalue weighted by atomic mass is 16.5. The molecule has 0 aromatic rings. The Morgan fingerprint density at radius 3 is 2.09 bits per heavy atom. The smallest absolute Gasteiger partial charge is 0.342 e. The van der Waals surface area contributed by atoms with E-state index in [1.807, 2.05) is 0 Å².